The number of aliphatic imine (C=N–C) groups is 1. The Balaban J connectivity index is 1.30. The molecule has 5 aromatic rings. The summed E-state index contributed by atoms with van der Waals surface area (Å²) in [6.45, 7) is 3.94. The smallest absolute Gasteiger partial charge is 0.406 e. The summed E-state index contributed by atoms with van der Waals surface area (Å²) in [6.07, 6.45) is -1.66. The number of hydrogen-bond acceptors (Lipinski definition) is 8. The monoisotopic (exact) mass is 575 g/mol. The minimum absolute atomic E-state index is 0.164. The summed E-state index contributed by atoms with van der Waals surface area (Å²) in [7, 11) is 0. The van der Waals surface area contributed by atoms with Crippen LogP contribution >= 0.6 is 11.8 Å². The van der Waals surface area contributed by atoms with E-state index in [1.807, 2.05) is 44.2 Å². The van der Waals surface area contributed by atoms with Crippen molar-refractivity contribution < 1.29 is 22.7 Å². The summed E-state index contributed by atoms with van der Waals surface area (Å²) in [5, 5.41) is 5.72. The second kappa shape index (κ2) is 10.3. The molecule has 0 spiro atoms. The van der Waals surface area contributed by atoms with Crippen molar-refractivity contribution in [3.63, 3.8) is 0 Å². The van der Waals surface area contributed by atoms with Crippen LogP contribution in [0.25, 0.3) is 28.0 Å². The fourth-order valence-electron chi connectivity index (χ4n) is 4.30. The minimum Gasteiger partial charge on any atom is -0.406 e. The number of aryl methyl sites for hydroxylation is 2. The lowest BCUT2D eigenvalue weighted by Gasteiger charge is -2.15. The Kier molecular flexibility index (Phi) is 6.66. The third-order valence-electron chi connectivity index (χ3n) is 6.27. The number of aromatic nitrogens is 5. The predicted octanol–water partition coefficient (Wildman–Crippen LogP) is 6.16. The molecular formula is C28H20F3N7O2S. The molecule has 0 N–H and O–H groups in total. The second-order valence-electron chi connectivity index (χ2n) is 9.15. The summed E-state index contributed by atoms with van der Waals surface area (Å²) in [4.78, 5) is 32.5. The Morgan fingerprint density at radius 2 is 1.76 bits per heavy atom. The lowest BCUT2D eigenvalue weighted by Crippen LogP contribution is -2.30. The van der Waals surface area contributed by atoms with Crippen molar-refractivity contribution in [2.45, 2.75) is 20.2 Å². The third kappa shape index (κ3) is 5.48. The van der Waals surface area contributed by atoms with Crippen molar-refractivity contribution in [3.8, 4) is 22.8 Å². The minimum atomic E-state index is -4.77. The number of carbonyl (C=O) groups excluding carboxylic acids is 1. The van der Waals surface area contributed by atoms with Gasteiger partial charge in [0.2, 0.25) is 11.9 Å². The summed E-state index contributed by atoms with van der Waals surface area (Å²) < 4.78 is 42.7. The molecular weight excluding hydrogens is 555 g/mol. The van der Waals surface area contributed by atoms with Crippen LogP contribution in [0, 0.1) is 13.8 Å². The number of halogens is 3. The van der Waals surface area contributed by atoms with Crippen molar-refractivity contribution >= 4 is 45.4 Å². The maximum absolute atomic E-state index is 12.9. The van der Waals surface area contributed by atoms with E-state index >= 15 is 0 Å². The number of hydrogen-bond donors (Lipinski definition) is 0. The first-order valence-corrected chi connectivity index (χ1v) is 13.3. The maximum atomic E-state index is 12.9. The molecule has 1 aliphatic heterocycles. The molecule has 1 aliphatic rings. The average Bonchev–Trinajstić information content (AvgIpc) is 3.57. The van der Waals surface area contributed by atoms with Gasteiger partial charge in [0.1, 0.15) is 12.1 Å². The van der Waals surface area contributed by atoms with E-state index in [1.165, 1.54) is 51.9 Å². The van der Waals surface area contributed by atoms with E-state index in [1.54, 1.807) is 12.3 Å². The van der Waals surface area contributed by atoms with Crippen LogP contribution in [0.5, 0.6) is 5.75 Å². The van der Waals surface area contributed by atoms with Crippen LogP contribution in [-0.4, -0.2) is 47.9 Å². The van der Waals surface area contributed by atoms with Crippen molar-refractivity contribution in [1.82, 2.24) is 24.7 Å². The van der Waals surface area contributed by atoms with Gasteiger partial charge in [-0.15, -0.1) is 18.3 Å². The molecule has 13 heteroatoms. The van der Waals surface area contributed by atoms with Crippen LogP contribution in [-0.2, 0) is 4.79 Å². The fraction of sp³-hybridized carbons (Fsp3) is 0.143. The van der Waals surface area contributed by atoms with Crippen LogP contribution in [0.2, 0.25) is 0 Å². The first-order valence-electron chi connectivity index (χ1n) is 12.3. The van der Waals surface area contributed by atoms with Crippen LogP contribution < -0.4 is 9.64 Å². The summed E-state index contributed by atoms with van der Waals surface area (Å²) in [6, 6.07) is 16.6. The number of ether oxygens (including phenoxy) is 1. The number of amidine groups is 1. The van der Waals surface area contributed by atoms with Crippen molar-refractivity contribution in [2.75, 3.05) is 10.7 Å². The number of fused-ring (bicyclic) bond motifs is 1. The van der Waals surface area contributed by atoms with E-state index in [0.717, 1.165) is 22.2 Å². The van der Waals surface area contributed by atoms with E-state index < -0.39 is 6.36 Å². The molecule has 3 aromatic carbocycles. The van der Waals surface area contributed by atoms with E-state index in [9.17, 15) is 18.0 Å². The molecule has 0 aliphatic carbocycles. The number of anilines is 1. The van der Waals surface area contributed by atoms with Gasteiger partial charge in [-0.1, -0.05) is 42.1 Å². The molecule has 0 saturated carbocycles. The highest BCUT2D eigenvalue weighted by molar-refractivity contribution is 8.15. The highest BCUT2D eigenvalue weighted by atomic mass is 32.2. The van der Waals surface area contributed by atoms with Gasteiger partial charge in [0, 0.05) is 17.1 Å². The Morgan fingerprint density at radius 1 is 1.00 bits per heavy atom. The molecule has 3 heterocycles. The van der Waals surface area contributed by atoms with Gasteiger partial charge in [-0.05, 0) is 55.3 Å². The van der Waals surface area contributed by atoms with Gasteiger partial charge in [0.25, 0.3) is 0 Å². The maximum Gasteiger partial charge on any atom is 0.573 e. The second-order valence-corrected chi connectivity index (χ2v) is 10.1. The summed E-state index contributed by atoms with van der Waals surface area (Å²) >= 11 is 1.34. The highest BCUT2D eigenvalue weighted by Crippen LogP contribution is 2.31. The third-order valence-corrected chi connectivity index (χ3v) is 7.19. The van der Waals surface area contributed by atoms with Gasteiger partial charge in [0.15, 0.2) is 11.0 Å². The standard InChI is InChI=1S/C28H20F3N7O2S/c1-16-4-3-5-17(2)24(16)35-27-38(23(39)14-41-27)26-32-13-19-7-6-18(12-22(19)34-26)25-33-15-37(36-25)20-8-10-21(11-9-20)40-28(29,30)31/h3-13,15H,14H2,1-2H3/b35-27-. The molecule has 0 unspecified atom stereocenters. The average molecular weight is 576 g/mol. The van der Waals surface area contributed by atoms with E-state index in [-0.39, 0.29) is 23.4 Å². The van der Waals surface area contributed by atoms with Gasteiger partial charge in [-0.25, -0.2) is 29.5 Å². The zero-order chi connectivity index (χ0) is 28.7. The number of benzene rings is 3. The topological polar surface area (TPSA) is 98.4 Å². The number of nitrogens with zero attached hydrogens (tertiary/aromatic N) is 7. The number of para-hydroxylation sites is 1. The van der Waals surface area contributed by atoms with E-state index in [2.05, 4.69) is 24.8 Å². The van der Waals surface area contributed by atoms with E-state index in [4.69, 9.17) is 4.99 Å². The fourth-order valence-corrected chi connectivity index (χ4v) is 5.15. The van der Waals surface area contributed by atoms with Gasteiger partial charge in [0.05, 0.1) is 22.6 Å². The van der Waals surface area contributed by atoms with Gasteiger partial charge in [-0.3, -0.25) is 4.79 Å². The lowest BCUT2D eigenvalue weighted by molar-refractivity contribution is -0.274. The van der Waals surface area contributed by atoms with Crippen LogP contribution in [0.15, 0.2) is 78.2 Å². The van der Waals surface area contributed by atoms with Gasteiger partial charge < -0.3 is 4.74 Å². The molecule has 1 fully saturated rings. The molecule has 0 atom stereocenters. The zero-order valence-corrected chi connectivity index (χ0v) is 22.4. The summed E-state index contributed by atoms with van der Waals surface area (Å²) in [5.41, 5.74) is 4.54. The van der Waals surface area contributed by atoms with Crippen molar-refractivity contribution in [3.05, 3.63) is 84.3 Å². The molecule has 9 nitrogen and oxygen atoms in total. The number of amides is 1. The Labute approximate surface area is 235 Å². The Hall–Kier alpha value is -4.78. The molecule has 1 saturated heterocycles. The molecule has 0 bridgehead atoms. The SMILES string of the molecule is Cc1cccc(C)c1/N=C1\SCC(=O)N1c1ncc2ccc(-c3ncn(-c4ccc(OC(F)(F)F)cc4)n3)cc2n1. The number of alkyl halides is 3. The predicted molar refractivity (Wildman–Crippen MR) is 150 cm³/mol. The van der Waals surface area contributed by atoms with Crippen molar-refractivity contribution in [1.29, 1.82) is 0 Å². The summed E-state index contributed by atoms with van der Waals surface area (Å²) in [5.74, 6) is 0.337. The molecule has 206 valence electrons. The zero-order valence-electron chi connectivity index (χ0n) is 21.6. The quantitative estimate of drug-likeness (QED) is 0.248. The lowest BCUT2D eigenvalue weighted by atomic mass is 10.1. The highest BCUT2D eigenvalue weighted by Gasteiger charge is 2.32. The Morgan fingerprint density at radius 3 is 2.49 bits per heavy atom. The van der Waals surface area contributed by atoms with Crippen molar-refractivity contribution in [2.24, 2.45) is 4.99 Å². The largest absolute Gasteiger partial charge is 0.573 e. The number of rotatable bonds is 5. The van der Waals surface area contributed by atoms with Gasteiger partial charge in [-0.2, -0.15) is 0 Å². The van der Waals surface area contributed by atoms with Crippen LogP contribution in [0.4, 0.5) is 24.8 Å². The number of carbonyl (C=O) groups is 1. The molecule has 2 aromatic heterocycles. The first-order chi connectivity index (χ1) is 19.6. The molecule has 0 radical (unpaired) electrons. The molecule has 6 rings (SSSR count). The number of thioether (sulfide) groups is 1. The van der Waals surface area contributed by atoms with Crippen LogP contribution in [0.3, 0.4) is 0 Å². The molecule has 41 heavy (non-hydrogen) atoms. The van der Waals surface area contributed by atoms with Crippen LogP contribution in [0.1, 0.15) is 11.1 Å². The Bertz CT molecular complexity index is 1800. The normalized spacial score (nSPS) is 14.8. The van der Waals surface area contributed by atoms with Gasteiger partial charge >= 0.3 is 6.36 Å². The first kappa shape index (κ1) is 26.4. The van der Waals surface area contributed by atoms with E-state index in [0.29, 0.717) is 27.8 Å². The molecule has 1 amide bonds.